The molecule has 5 atom stereocenters. The summed E-state index contributed by atoms with van der Waals surface area (Å²) in [6.45, 7) is 3.53. The molecule has 0 aliphatic heterocycles. The molecular formula is C26H38N6O6S. The van der Waals surface area contributed by atoms with Crippen molar-refractivity contribution in [1.82, 2.24) is 20.9 Å². The molecule has 0 spiro atoms. The minimum atomic E-state index is -1.55. The monoisotopic (exact) mass is 562 g/mol. The number of fused-ring (bicyclic) bond motifs is 1. The summed E-state index contributed by atoms with van der Waals surface area (Å²) in [5.41, 5.74) is 12.8. The molecule has 0 radical (unpaired) electrons. The number of carbonyl (C=O) groups is 5. The Morgan fingerprint density at radius 2 is 1.69 bits per heavy atom. The quantitative estimate of drug-likeness (QED) is 0.150. The molecule has 0 saturated heterocycles. The zero-order valence-corrected chi connectivity index (χ0v) is 23.2. The second-order valence-electron chi connectivity index (χ2n) is 9.45. The summed E-state index contributed by atoms with van der Waals surface area (Å²) in [6.07, 6.45) is 4.06. The van der Waals surface area contributed by atoms with Gasteiger partial charge >= 0.3 is 5.97 Å². The number of rotatable bonds is 16. The number of carboxylic acids is 1. The van der Waals surface area contributed by atoms with E-state index >= 15 is 0 Å². The average molecular weight is 563 g/mol. The van der Waals surface area contributed by atoms with E-state index in [-0.39, 0.29) is 6.42 Å². The third kappa shape index (κ3) is 9.29. The molecule has 4 amide bonds. The van der Waals surface area contributed by atoms with Gasteiger partial charge in [0.05, 0.1) is 12.5 Å². The Hall–Kier alpha value is -3.58. The maximum atomic E-state index is 13.6. The first-order valence-electron chi connectivity index (χ1n) is 12.7. The maximum absolute atomic E-state index is 13.6. The predicted molar refractivity (Wildman–Crippen MR) is 150 cm³/mol. The van der Waals surface area contributed by atoms with Crippen LogP contribution in [0.15, 0.2) is 30.5 Å². The number of hydrogen-bond donors (Lipinski definition) is 7. The highest BCUT2D eigenvalue weighted by atomic mass is 32.2. The minimum absolute atomic E-state index is 0.116. The van der Waals surface area contributed by atoms with Gasteiger partial charge in [-0.15, -0.1) is 0 Å². The third-order valence-corrected chi connectivity index (χ3v) is 7.16. The van der Waals surface area contributed by atoms with Crippen molar-refractivity contribution in [1.29, 1.82) is 0 Å². The van der Waals surface area contributed by atoms with Gasteiger partial charge in [0, 0.05) is 23.5 Å². The Labute approximate surface area is 231 Å². The summed E-state index contributed by atoms with van der Waals surface area (Å²) in [7, 11) is 0. The Bertz CT molecular complexity index is 1170. The van der Waals surface area contributed by atoms with E-state index in [0.29, 0.717) is 18.6 Å². The predicted octanol–water partition coefficient (Wildman–Crippen LogP) is 0.251. The topological polar surface area (TPSA) is 210 Å². The lowest BCUT2D eigenvalue weighted by atomic mass is 9.96. The standard InChI is InChI=1S/C26H38N6O6S/c1-4-14(2)22(25(36)31-20(26(37)38)12-21(28)33)32-24(35)19(30-23(34)17(27)9-10-39-3)11-15-13-29-18-8-6-5-7-16(15)18/h5-8,13-14,17,19-20,22,29H,4,9-12,27H2,1-3H3,(H2,28,33)(H,30,34)(H,31,36)(H,32,35)(H,37,38). The van der Waals surface area contributed by atoms with E-state index < -0.39 is 66.1 Å². The number of para-hydroxylation sites is 1. The van der Waals surface area contributed by atoms with Crippen molar-refractivity contribution in [2.75, 3.05) is 12.0 Å². The summed E-state index contributed by atoms with van der Waals surface area (Å²) >= 11 is 1.55. The van der Waals surface area contributed by atoms with E-state index in [1.165, 1.54) is 0 Å². The number of thioether (sulfide) groups is 1. The van der Waals surface area contributed by atoms with Crippen molar-refractivity contribution in [2.24, 2.45) is 17.4 Å². The molecule has 13 heteroatoms. The number of aromatic amines is 1. The van der Waals surface area contributed by atoms with Crippen LogP contribution in [-0.2, 0) is 30.4 Å². The van der Waals surface area contributed by atoms with Gasteiger partial charge in [0.1, 0.15) is 18.1 Å². The summed E-state index contributed by atoms with van der Waals surface area (Å²) in [5, 5.41) is 18.0. The molecule has 39 heavy (non-hydrogen) atoms. The average Bonchev–Trinajstić information content (AvgIpc) is 3.31. The first kappa shape index (κ1) is 31.6. The molecule has 12 nitrogen and oxygen atoms in total. The molecule has 2 aromatic rings. The first-order chi connectivity index (χ1) is 18.5. The lowest BCUT2D eigenvalue weighted by Gasteiger charge is -2.28. The molecule has 0 aliphatic carbocycles. The molecule has 0 fully saturated rings. The number of nitrogens with one attached hydrogen (secondary N) is 4. The molecule has 214 valence electrons. The lowest BCUT2D eigenvalue weighted by molar-refractivity contribution is -0.144. The van der Waals surface area contributed by atoms with Gasteiger partial charge in [-0.3, -0.25) is 19.2 Å². The van der Waals surface area contributed by atoms with Crippen molar-refractivity contribution in [2.45, 2.75) is 63.7 Å². The number of benzene rings is 1. The van der Waals surface area contributed by atoms with Gasteiger partial charge in [0.25, 0.3) is 0 Å². The van der Waals surface area contributed by atoms with Crippen LogP contribution in [0.4, 0.5) is 0 Å². The van der Waals surface area contributed by atoms with Crippen LogP contribution in [0, 0.1) is 5.92 Å². The fourth-order valence-corrected chi connectivity index (χ4v) is 4.49. The molecule has 2 rings (SSSR count). The zero-order chi connectivity index (χ0) is 29.1. The van der Waals surface area contributed by atoms with Gasteiger partial charge in [-0.1, -0.05) is 38.5 Å². The van der Waals surface area contributed by atoms with Gasteiger partial charge in [0.2, 0.25) is 23.6 Å². The fourth-order valence-electron chi connectivity index (χ4n) is 4.00. The summed E-state index contributed by atoms with van der Waals surface area (Å²) in [4.78, 5) is 65.5. The first-order valence-corrected chi connectivity index (χ1v) is 14.1. The number of aromatic nitrogens is 1. The second-order valence-corrected chi connectivity index (χ2v) is 10.4. The lowest BCUT2D eigenvalue weighted by Crippen LogP contribution is -2.59. The van der Waals surface area contributed by atoms with E-state index in [9.17, 15) is 29.1 Å². The highest BCUT2D eigenvalue weighted by molar-refractivity contribution is 7.98. The largest absolute Gasteiger partial charge is 0.480 e. The van der Waals surface area contributed by atoms with Crippen molar-refractivity contribution in [3.05, 3.63) is 36.0 Å². The van der Waals surface area contributed by atoms with Crippen LogP contribution >= 0.6 is 11.8 Å². The Balaban J connectivity index is 2.31. The maximum Gasteiger partial charge on any atom is 0.326 e. The molecule has 1 aromatic heterocycles. The van der Waals surface area contributed by atoms with E-state index in [1.54, 1.807) is 24.9 Å². The van der Waals surface area contributed by atoms with Gasteiger partial charge in [0.15, 0.2) is 0 Å². The van der Waals surface area contributed by atoms with E-state index in [4.69, 9.17) is 11.5 Å². The van der Waals surface area contributed by atoms with Crippen LogP contribution in [0.25, 0.3) is 10.9 Å². The molecule has 9 N–H and O–H groups in total. The summed E-state index contributed by atoms with van der Waals surface area (Å²) in [6, 6.07) is 2.93. The van der Waals surface area contributed by atoms with E-state index in [0.717, 1.165) is 16.5 Å². The molecular weight excluding hydrogens is 524 g/mol. The molecule has 1 heterocycles. The van der Waals surface area contributed by atoms with Gasteiger partial charge in [-0.25, -0.2) is 4.79 Å². The number of hydrogen-bond acceptors (Lipinski definition) is 7. The number of primary amides is 1. The number of aliphatic carboxylic acids is 1. The summed E-state index contributed by atoms with van der Waals surface area (Å²) in [5.74, 6) is -3.97. The van der Waals surface area contributed by atoms with Crippen LogP contribution in [0.5, 0.6) is 0 Å². The van der Waals surface area contributed by atoms with Crippen molar-refractivity contribution in [3.8, 4) is 0 Å². The third-order valence-electron chi connectivity index (χ3n) is 6.51. The van der Waals surface area contributed by atoms with Crippen LogP contribution < -0.4 is 27.4 Å². The zero-order valence-electron chi connectivity index (χ0n) is 22.4. The van der Waals surface area contributed by atoms with E-state index in [1.807, 2.05) is 37.4 Å². The van der Waals surface area contributed by atoms with Gasteiger partial charge < -0.3 is 37.5 Å². The highest BCUT2D eigenvalue weighted by Crippen LogP contribution is 2.20. The van der Waals surface area contributed by atoms with Crippen LogP contribution in [0.3, 0.4) is 0 Å². The number of H-pyrrole nitrogens is 1. The smallest absolute Gasteiger partial charge is 0.326 e. The second kappa shape index (κ2) is 15.1. The normalized spacial score (nSPS) is 15.0. The number of carbonyl (C=O) groups excluding carboxylic acids is 4. The van der Waals surface area contributed by atoms with Crippen molar-refractivity contribution >= 4 is 52.3 Å². The Morgan fingerprint density at radius 1 is 1.03 bits per heavy atom. The Kier molecular flexibility index (Phi) is 12.3. The van der Waals surface area contributed by atoms with Crippen LogP contribution in [0.1, 0.15) is 38.7 Å². The molecule has 1 aromatic carbocycles. The van der Waals surface area contributed by atoms with Gasteiger partial charge in [-0.05, 0) is 36.0 Å². The minimum Gasteiger partial charge on any atom is -0.480 e. The molecule has 0 bridgehead atoms. The van der Waals surface area contributed by atoms with Crippen molar-refractivity contribution < 1.29 is 29.1 Å². The van der Waals surface area contributed by atoms with Crippen LogP contribution in [-0.4, -0.2) is 75.9 Å². The summed E-state index contributed by atoms with van der Waals surface area (Å²) < 4.78 is 0. The van der Waals surface area contributed by atoms with E-state index in [2.05, 4.69) is 20.9 Å². The van der Waals surface area contributed by atoms with Crippen LogP contribution in [0.2, 0.25) is 0 Å². The molecule has 0 aliphatic rings. The molecule has 0 saturated carbocycles. The fraction of sp³-hybridized carbons (Fsp3) is 0.500. The SMILES string of the molecule is CCC(C)C(NC(=O)C(Cc1c[nH]c2ccccc12)NC(=O)C(N)CCSC)C(=O)NC(CC(N)=O)C(=O)O. The Morgan fingerprint density at radius 3 is 2.31 bits per heavy atom. The number of amides is 4. The number of nitrogens with two attached hydrogens (primary N) is 2. The number of carboxylic acid groups (broad SMARTS) is 1. The highest BCUT2D eigenvalue weighted by Gasteiger charge is 2.33. The molecule has 5 unspecified atom stereocenters. The van der Waals surface area contributed by atoms with Gasteiger partial charge in [-0.2, -0.15) is 11.8 Å². The van der Waals surface area contributed by atoms with Crippen molar-refractivity contribution in [3.63, 3.8) is 0 Å².